The summed E-state index contributed by atoms with van der Waals surface area (Å²) in [4.78, 5) is 0. The lowest BCUT2D eigenvalue weighted by molar-refractivity contribution is 0.202. The summed E-state index contributed by atoms with van der Waals surface area (Å²) in [6, 6.07) is 34.3. The average Bonchev–Trinajstić information content (AvgIpc) is 3.12. The van der Waals surface area contributed by atoms with Gasteiger partial charge in [-0.05, 0) is 59.4 Å². The van der Waals surface area contributed by atoms with E-state index >= 15 is 0 Å². The standard InChI is InChI=1S/C39H46O4/c40-25-27-42-37-21-19-33(29-35(37)31-15-9-7-10-16-31)39(23-13-5-3-1-2-4-6-14-24-39)34-20-22-38(43-28-26-41)36(30-34)32-17-11-8-12-18-32/h7-12,15-22,29-30,40-41H,1-6,13-14,23-28H2. The first kappa shape index (κ1) is 30.8. The van der Waals surface area contributed by atoms with E-state index in [1.54, 1.807) is 0 Å². The molecule has 4 aromatic rings. The van der Waals surface area contributed by atoms with Crippen molar-refractivity contribution < 1.29 is 19.7 Å². The van der Waals surface area contributed by atoms with Crippen molar-refractivity contribution in [3.05, 3.63) is 108 Å². The highest BCUT2D eigenvalue weighted by Crippen LogP contribution is 2.47. The number of hydrogen-bond donors (Lipinski definition) is 2. The SMILES string of the molecule is OCCOc1ccc(C2(c3ccc(OCCO)c(-c4ccccc4)c3)CCCCCCCCCC2)cc1-c1ccccc1. The van der Waals surface area contributed by atoms with Gasteiger partial charge in [-0.15, -0.1) is 0 Å². The molecule has 0 radical (unpaired) electrons. The summed E-state index contributed by atoms with van der Waals surface area (Å²) in [7, 11) is 0. The molecule has 4 aromatic carbocycles. The van der Waals surface area contributed by atoms with Crippen molar-refractivity contribution in [1.82, 2.24) is 0 Å². The summed E-state index contributed by atoms with van der Waals surface area (Å²) in [6.45, 7) is 0.486. The molecule has 4 heteroatoms. The van der Waals surface area contributed by atoms with Crippen molar-refractivity contribution in [3.8, 4) is 33.8 Å². The summed E-state index contributed by atoms with van der Waals surface area (Å²) in [5, 5.41) is 19.0. The first-order chi connectivity index (χ1) is 21.2. The Labute approximate surface area is 257 Å². The summed E-state index contributed by atoms with van der Waals surface area (Å²) in [5.74, 6) is 1.60. The van der Waals surface area contributed by atoms with Crippen molar-refractivity contribution in [3.63, 3.8) is 0 Å². The molecule has 0 unspecified atom stereocenters. The zero-order valence-corrected chi connectivity index (χ0v) is 25.3. The Kier molecular flexibility index (Phi) is 11.3. The smallest absolute Gasteiger partial charge is 0.127 e. The number of ether oxygens (including phenoxy) is 2. The van der Waals surface area contributed by atoms with E-state index in [1.165, 1.54) is 62.5 Å². The minimum atomic E-state index is -0.178. The molecule has 5 rings (SSSR count). The normalized spacial score (nSPS) is 15.8. The predicted octanol–water partition coefficient (Wildman–Crippen LogP) is 8.96. The van der Waals surface area contributed by atoms with Gasteiger partial charge in [0.05, 0.1) is 13.2 Å². The second-order valence-electron chi connectivity index (χ2n) is 11.7. The molecular weight excluding hydrogens is 532 g/mol. The summed E-state index contributed by atoms with van der Waals surface area (Å²) < 4.78 is 12.1. The quantitative estimate of drug-likeness (QED) is 0.197. The zero-order chi connectivity index (χ0) is 29.7. The number of aliphatic hydroxyl groups is 2. The van der Waals surface area contributed by atoms with Crippen molar-refractivity contribution in [2.24, 2.45) is 0 Å². The molecule has 0 saturated heterocycles. The van der Waals surface area contributed by atoms with E-state index in [-0.39, 0.29) is 31.8 Å². The molecule has 1 fully saturated rings. The minimum absolute atomic E-state index is 0.0210. The molecule has 43 heavy (non-hydrogen) atoms. The fourth-order valence-electron chi connectivity index (χ4n) is 6.69. The van der Waals surface area contributed by atoms with Crippen LogP contribution in [0.5, 0.6) is 11.5 Å². The van der Waals surface area contributed by atoms with Crippen LogP contribution in [0.2, 0.25) is 0 Å². The molecule has 1 aliphatic rings. The largest absolute Gasteiger partial charge is 0.491 e. The van der Waals surface area contributed by atoms with Crippen LogP contribution in [0.1, 0.15) is 75.3 Å². The van der Waals surface area contributed by atoms with Crippen LogP contribution >= 0.6 is 0 Å². The molecule has 0 aliphatic heterocycles. The fourth-order valence-corrected chi connectivity index (χ4v) is 6.69. The Morgan fingerprint density at radius 2 is 0.884 bits per heavy atom. The van der Waals surface area contributed by atoms with E-state index in [0.717, 1.165) is 46.6 Å². The lowest BCUT2D eigenvalue weighted by atomic mass is 9.67. The van der Waals surface area contributed by atoms with Gasteiger partial charge in [-0.1, -0.05) is 124 Å². The van der Waals surface area contributed by atoms with E-state index in [9.17, 15) is 10.2 Å². The van der Waals surface area contributed by atoms with Gasteiger partial charge >= 0.3 is 0 Å². The lowest BCUT2D eigenvalue weighted by Gasteiger charge is -2.37. The van der Waals surface area contributed by atoms with Crippen molar-refractivity contribution in [2.45, 2.75) is 69.6 Å². The topological polar surface area (TPSA) is 58.9 Å². The van der Waals surface area contributed by atoms with Gasteiger partial charge in [-0.3, -0.25) is 0 Å². The van der Waals surface area contributed by atoms with Crippen LogP contribution in [0, 0.1) is 0 Å². The second-order valence-corrected chi connectivity index (χ2v) is 11.7. The minimum Gasteiger partial charge on any atom is -0.491 e. The van der Waals surface area contributed by atoms with E-state index in [0.29, 0.717) is 0 Å². The van der Waals surface area contributed by atoms with Gasteiger partial charge in [0.2, 0.25) is 0 Å². The molecule has 4 nitrogen and oxygen atoms in total. The van der Waals surface area contributed by atoms with E-state index in [4.69, 9.17) is 9.47 Å². The van der Waals surface area contributed by atoms with E-state index in [2.05, 4.69) is 84.9 Å². The molecule has 0 atom stereocenters. The molecule has 0 heterocycles. The average molecular weight is 579 g/mol. The monoisotopic (exact) mass is 578 g/mol. The van der Waals surface area contributed by atoms with Crippen molar-refractivity contribution in [1.29, 1.82) is 0 Å². The third-order valence-corrected chi connectivity index (χ3v) is 8.89. The van der Waals surface area contributed by atoms with Crippen LogP contribution in [0.15, 0.2) is 97.1 Å². The van der Waals surface area contributed by atoms with Gasteiger partial charge < -0.3 is 19.7 Å². The van der Waals surface area contributed by atoms with Crippen LogP contribution in [0.25, 0.3) is 22.3 Å². The number of hydrogen-bond acceptors (Lipinski definition) is 4. The molecule has 2 N–H and O–H groups in total. The molecule has 1 saturated carbocycles. The van der Waals surface area contributed by atoms with Gasteiger partial charge in [-0.2, -0.15) is 0 Å². The third kappa shape index (κ3) is 7.68. The van der Waals surface area contributed by atoms with E-state index in [1.807, 2.05) is 12.1 Å². The van der Waals surface area contributed by atoms with Gasteiger partial charge in [0.1, 0.15) is 24.7 Å². The highest BCUT2D eigenvalue weighted by molar-refractivity contribution is 5.74. The van der Waals surface area contributed by atoms with Crippen LogP contribution in [-0.4, -0.2) is 36.6 Å². The van der Waals surface area contributed by atoms with Gasteiger partial charge in [0.15, 0.2) is 0 Å². The summed E-state index contributed by atoms with van der Waals surface area (Å²) in [6.07, 6.45) is 12.2. The number of benzene rings is 4. The fraction of sp³-hybridized carbons (Fsp3) is 0.385. The Bertz CT molecular complexity index is 1290. The molecular formula is C39H46O4. The highest BCUT2D eigenvalue weighted by Gasteiger charge is 2.35. The number of aliphatic hydroxyl groups excluding tert-OH is 2. The highest BCUT2D eigenvalue weighted by atomic mass is 16.5. The second kappa shape index (κ2) is 15.7. The molecule has 226 valence electrons. The lowest BCUT2D eigenvalue weighted by Crippen LogP contribution is -2.28. The third-order valence-electron chi connectivity index (χ3n) is 8.89. The van der Waals surface area contributed by atoms with Crippen LogP contribution < -0.4 is 9.47 Å². The molecule has 0 amide bonds. The maximum Gasteiger partial charge on any atom is 0.127 e. The maximum atomic E-state index is 9.51. The first-order valence-corrected chi connectivity index (χ1v) is 16.1. The Morgan fingerprint density at radius 1 is 0.488 bits per heavy atom. The Balaban J connectivity index is 1.69. The van der Waals surface area contributed by atoms with Crippen molar-refractivity contribution in [2.75, 3.05) is 26.4 Å². The predicted molar refractivity (Wildman–Crippen MR) is 176 cm³/mol. The van der Waals surface area contributed by atoms with Gasteiger partial charge in [0, 0.05) is 16.5 Å². The van der Waals surface area contributed by atoms with Crippen LogP contribution in [0.4, 0.5) is 0 Å². The van der Waals surface area contributed by atoms with E-state index < -0.39 is 0 Å². The Hall–Kier alpha value is -3.60. The van der Waals surface area contributed by atoms with Gasteiger partial charge in [0.25, 0.3) is 0 Å². The van der Waals surface area contributed by atoms with Crippen molar-refractivity contribution >= 4 is 0 Å². The Morgan fingerprint density at radius 3 is 1.28 bits per heavy atom. The molecule has 1 aliphatic carbocycles. The zero-order valence-electron chi connectivity index (χ0n) is 25.3. The summed E-state index contributed by atoms with van der Waals surface area (Å²) >= 11 is 0. The summed E-state index contributed by atoms with van der Waals surface area (Å²) in [5.41, 5.74) is 6.79. The maximum absolute atomic E-state index is 9.51. The molecule has 0 spiro atoms. The van der Waals surface area contributed by atoms with Crippen LogP contribution in [-0.2, 0) is 5.41 Å². The van der Waals surface area contributed by atoms with Crippen LogP contribution in [0.3, 0.4) is 0 Å². The number of rotatable bonds is 10. The van der Waals surface area contributed by atoms with Gasteiger partial charge in [-0.25, -0.2) is 0 Å². The molecule has 0 aromatic heterocycles. The first-order valence-electron chi connectivity index (χ1n) is 16.1. The molecule has 0 bridgehead atoms.